The average molecular weight is 567 g/mol. The summed E-state index contributed by atoms with van der Waals surface area (Å²) < 4.78 is 4.30. The van der Waals surface area contributed by atoms with Crippen molar-refractivity contribution in [1.82, 2.24) is 29.4 Å². The van der Waals surface area contributed by atoms with Crippen molar-refractivity contribution < 1.29 is 0 Å². The Morgan fingerprint density at radius 2 is 1.79 bits per heavy atom. The van der Waals surface area contributed by atoms with Gasteiger partial charge in [0, 0.05) is 31.7 Å². The third-order valence-electron chi connectivity index (χ3n) is 9.61. The van der Waals surface area contributed by atoms with E-state index in [1.807, 2.05) is 10.9 Å². The van der Waals surface area contributed by atoms with Crippen molar-refractivity contribution in [1.29, 1.82) is 0 Å². The van der Waals surface area contributed by atoms with Crippen LogP contribution in [0.5, 0.6) is 0 Å². The molecule has 3 heterocycles. The summed E-state index contributed by atoms with van der Waals surface area (Å²) in [5, 5.41) is 8.76. The first-order valence-corrected chi connectivity index (χ1v) is 16.1. The molecule has 1 fully saturated rings. The number of hydrogen-bond donors (Lipinski definition) is 0. The van der Waals surface area contributed by atoms with Gasteiger partial charge in [0.2, 0.25) is 0 Å². The lowest BCUT2D eigenvalue weighted by atomic mass is 9.69. The molecule has 1 atom stereocenters. The Morgan fingerprint density at radius 1 is 1.00 bits per heavy atom. The highest BCUT2D eigenvalue weighted by Crippen LogP contribution is 2.42. The minimum absolute atomic E-state index is 0.0689. The minimum atomic E-state index is 0.0689. The predicted molar refractivity (Wildman–Crippen MR) is 171 cm³/mol. The van der Waals surface area contributed by atoms with Crippen LogP contribution in [0.15, 0.2) is 67.1 Å². The van der Waals surface area contributed by atoms with Crippen LogP contribution in [0.1, 0.15) is 93.1 Å². The van der Waals surface area contributed by atoms with Gasteiger partial charge >= 0.3 is 0 Å². The van der Waals surface area contributed by atoms with Crippen molar-refractivity contribution in [3.8, 4) is 0 Å². The van der Waals surface area contributed by atoms with E-state index in [-0.39, 0.29) is 5.41 Å². The van der Waals surface area contributed by atoms with Crippen LogP contribution in [0.25, 0.3) is 0 Å². The number of imidazole rings is 1. The lowest BCUT2D eigenvalue weighted by Crippen LogP contribution is -2.34. The van der Waals surface area contributed by atoms with Gasteiger partial charge in [0.15, 0.2) is 0 Å². The Kier molecular flexibility index (Phi) is 9.94. The second-order valence-electron chi connectivity index (χ2n) is 13.1. The summed E-state index contributed by atoms with van der Waals surface area (Å²) in [7, 11) is 0. The van der Waals surface area contributed by atoms with E-state index < -0.39 is 0 Å². The molecule has 1 saturated heterocycles. The van der Waals surface area contributed by atoms with Crippen LogP contribution in [-0.4, -0.2) is 42.5 Å². The van der Waals surface area contributed by atoms with Gasteiger partial charge in [0.1, 0.15) is 5.82 Å². The van der Waals surface area contributed by atoms with Gasteiger partial charge in [0.05, 0.1) is 12.2 Å². The predicted octanol–water partition coefficient (Wildman–Crippen LogP) is 7.46. The molecular formula is C36H50N6. The summed E-state index contributed by atoms with van der Waals surface area (Å²) >= 11 is 0. The average Bonchev–Trinajstić information content (AvgIpc) is 3.64. The van der Waals surface area contributed by atoms with Crippen LogP contribution in [-0.2, 0) is 32.5 Å². The molecule has 4 aromatic rings. The molecule has 0 N–H and O–H groups in total. The molecule has 1 aliphatic heterocycles. The first-order chi connectivity index (χ1) is 20.3. The molecule has 42 heavy (non-hydrogen) atoms. The summed E-state index contributed by atoms with van der Waals surface area (Å²) in [5.74, 6) is 2.45. The topological polar surface area (TPSA) is 51.8 Å². The molecule has 2 aromatic carbocycles. The molecule has 6 nitrogen and oxygen atoms in total. The third kappa shape index (κ3) is 7.57. The van der Waals surface area contributed by atoms with Crippen LogP contribution in [0, 0.1) is 18.3 Å². The van der Waals surface area contributed by atoms with Gasteiger partial charge in [-0.1, -0.05) is 80.9 Å². The van der Waals surface area contributed by atoms with E-state index >= 15 is 0 Å². The lowest BCUT2D eigenvalue weighted by molar-refractivity contribution is 0.170. The Labute approximate surface area is 253 Å². The van der Waals surface area contributed by atoms with Crippen molar-refractivity contribution in [2.75, 3.05) is 13.1 Å². The second kappa shape index (κ2) is 13.8. The summed E-state index contributed by atoms with van der Waals surface area (Å²) in [6, 6.07) is 18.1. The molecule has 2 aromatic heterocycles. The quantitative estimate of drug-likeness (QED) is 0.169. The summed E-state index contributed by atoms with van der Waals surface area (Å²) in [6.45, 7) is 16.6. The van der Waals surface area contributed by atoms with E-state index in [4.69, 9.17) is 4.98 Å². The Bertz CT molecular complexity index is 1390. The molecule has 6 heteroatoms. The van der Waals surface area contributed by atoms with E-state index in [9.17, 15) is 0 Å². The molecule has 0 saturated carbocycles. The second-order valence-corrected chi connectivity index (χ2v) is 13.1. The van der Waals surface area contributed by atoms with Gasteiger partial charge < -0.3 is 4.57 Å². The summed E-state index contributed by atoms with van der Waals surface area (Å²) in [5.41, 5.74) is 6.68. The number of benzene rings is 2. The van der Waals surface area contributed by atoms with Gasteiger partial charge in [-0.15, -0.1) is 5.10 Å². The smallest absolute Gasteiger partial charge is 0.123 e. The molecular weight excluding hydrogens is 516 g/mol. The minimum Gasteiger partial charge on any atom is -0.329 e. The number of rotatable bonds is 13. The summed E-state index contributed by atoms with van der Waals surface area (Å²) in [6.07, 6.45) is 13.2. The van der Waals surface area contributed by atoms with Gasteiger partial charge in [0.25, 0.3) is 0 Å². The maximum absolute atomic E-state index is 4.80. The van der Waals surface area contributed by atoms with E-state index in [1.165, 1.54) is 60.4 Å². The zero-order valence-electron chi connectivity index (χ0n) is 26.5. The molecule has 1 unspecified atom stereocenters. The Balaban J connectivity index is 1.37. The molecule has 0 spiro atoms. The molecule has 1 aliphatic rings. The highest BCUT2D eigenvalue weighted by molar-refractivity contribution is 5.35. The van der Waals surface area contributed by atoms with Crippen molar-refractivity contribution in [2.45, 2.75) is 98.7 Å². The first kappa shape index (κ1) is 30.2. The SMILES string of the molecule is CCC1CCN(Cc2nccn2Cc2cc(C(CCc3cn(CC)nn3)C(C)(C)Cc3ccccc3)ccc2C)CC1. The number of likely N-dealkylation sites (tertiary alicyclic amines) is 1. The van der Waals surface area contributed by atoms with Crippen LogP contribution >= 0.6 is 0 Å². The Morgan fingerprint density at radius 3 is 2.50 bits per heavy atom. The highest BCUT2D eigenvalue weighted by atomic mass is 15.4. The van der Waals surface area contributed by atoms with Crippen molar-refractivity contribution in [3.63, 3.8) is 0 Å². The maximum Gasteiger partial charge on any atom is 0.123 e. The van der Waals surface area contributed by atoms with E-state index in [2.05, 4.69) is 115 Å². The Hall–Kier alpha value is -3.25. The molecule has 0 amide bonds. The maximum atomic E-state index is 4.80. The fourth-order valence-corrected chi connectivity index (χ4v) is 6.80. The van der Waals surface area contributed by atoms with E-state index in [0.29, 0.717) is 5.92 Å². The fraction of sp³-hybridized carbons (Fsp3) is 0.528. The normalized spacial score (nSPS) is 15.7. The number of nitrogens with zero attached hydrogens (tertiary/aromatic N) is 6. The molecule has 5 rings (SSSR count). The third-order valence-corrected chi connectivity index (χ3v) is 9.61. The molecule has 0 radical (unpaired) electrons. The van der Waals surface area contributed by atoms with E-state index in [0.717, 1.165) is 50.5 Å². The number of hydrogen-bond acceptors (Lipinski definition) is 4. The van der Waals surface area contributed by atoms with Crippen LogP contribution < -0.4 is 0 Å². The zero-order valence-corrected chi connectivity index (χ0v) is 26.5. The zero-order chi connectivity index (χ0) is 29.5. The number of piperidine rings is 1. The van der Waals surface area contributed by atoms with Crippen LogP contribution in [0.4, 0.5) is 0 Å². The van der Waals surface area contributed by atoms with E-state index in [1.54, 1.807) is 0 Å². The first-order valence-electron chi connectivity index (χ1n) is 16.1. The largest absolute Gasteiger partial charge is 0.329 e. The molecule has 0 aliphatic carbocycles. The van der Waals surface area contributed by atoms with Gasteiger partial charge in [-0.25, -0.2) is 4.98 Å². The number of aryl methyl sites for hydroxylation is 3. The highest BCUT2D eigenvalue weighted by Gasteiger charge is 2.31. The van der Waals surface area contributed by atoms with Crippen LogP contribution in [0.2, 0.25) is 0 Å². The van der Waals surface area contributed by atoms with Crippen LogP contribution in [0.3, 0.4) is 0 Å². The summed E-state index contributed by atoms with van der Waals surface area (Å²) in [4.78, 5) is 7.39. The standard InChI is InChI=1S/C36H50N6/c1-6-29-17-20-40(21-18-29)27-35-37-19-22-41(35)25-32-23-31(14-13-28(32)3)34(16-15-33-26-42(7-2)39-38-33)36(4,5)24-30-11-9-8-10-12-30/h8-14,19,22-23,26,29,34H,6-7,15-18,20-21,24-25,27H2,1-5H3. The van der Waals surface area contributed by atoms with Crippen molar-refractivity contribution in [3.05, 3.63) is 101 Å². The monoisotopic (exact) mass is 566 g/mol. The molecule has 0 bridgehead atoms. The van der Waals surface area contributed by atoms with Gasteiger partial charge in [-0.3, -0.25) is 9.58 Å². The van der Waals surface area contributed by atoms with Crippen molar-refractivity contribution in [2.24, 2.45) is 11.3 Å². The van der Waals surface area contributed by atoms with Crippen molar-refractivity contribution >= 4 is 0 Å². The molecule has 224 valence electrons. The lowest BCUT2D eigenvalue weighted by Gasteiger charge is -2.36. The van der Waals surface area contributed by atoms with Gasteiger partial charge in [-0.2, -0.15) is 0 Å². The van der Waals surface area contributed by atoms with Gasteiger partial charge in [-0.05, 0) is 98.5 Å². The fourth-order valence-electron chi connectivity index (χ4n) is 6.80. The number of aromatic nitrogens is 5.